The minimum absolute atomic E-state index is 0.0181. The SMILES string of the molecule is NC(=O)NCCNc1cc([N+](=O)[O-])cc(Cl)n1. The molecule has 0 saturated carbocycles. The normalized spacial score (nSPS) is 9.71. The number of nitrogens with two attached hydrogens (primary N) is 1. The first-order valence-corrected chi connectivity index (χ1v) is 4.96. The molecule has 0 unspecified atom stereocenters. The lowest BCUT2D eigenvalue weighted by Crippen LogP contribution is -2.33. The van der Waals surface area contributed by atoms with Gasteiger partial charge in [0.2, 0.25) is 0 Å². The van der Waals surface area contributed by atoms with Gasteiger partial charge in [-0.25, -0.2) is 9.78 Å². The van der Waals surface area contributed by atoms with Gasteiger partial charge < -0.3 is 16.4 Å². The fourth-order valence-electron chi connectivity index (χ4n) is 1.06. The number of carbonyl (C=O) groups is 1. The lowest BCUT2D eigenvalue weighted by atomic mass is 10.4. The molecular formula is C8H10ClN5O3. The van der Waals surface area contributed by atoms with Gasteiger partial charge in [-0.05, 0) is 0 Å². The Balaban J connectivity index is 2.59. The number of aromatic nitrogens is 1. The number of anilines is 1. The third-order valence-corrected chi connectivity index (χ3v) is 1.91. The number of rotatable bonds is 5. The minimum atomic E-state index is -0.642. The van der Waals surface area contributed by atoms with Crippen LogP contribution in [0.15, 0.2) is 12.1 Å². The van der Waals surface area contributed by atoms with Gasteiger partial charge in [-0.2, -0.15) is 0 Å². The van der Waals surface area contributed by atoms with E-state index in [1.807, 2.05) is 0 Å². The molecule has 1 rings (SSSR count). The maximum absolute atomic E-state index is 10.5. The number of hydrogen-bond acceptors (Lipinski definition) is 5. The fraction of sp³-hybridized carbons (Fsp3) is 0.250. The van der Waals surface area contributed by atoms with Gasteiger partial charge in [-0.1, -0.05) is 11.6 Å². The van der Waals surface area contributed by atoms with Crippen LogP contribution in [0.5, 0.6) is 0 Å². The number of nitrogens with one attached hydrogen (secondary N) is 2. The molecule has 0 aliphatic carbocycles. The molecule has 2 amide bonds. The summed E-state index contributed by atoms with van der Waals surface area (Å²) in [5.41, 5.74) is 4.70. The van der Waals surface area contributed by atoms with E-state index >= 15 is 0 Å². The van der Waals surface area contributed by atoms with Crippen molar-refractivity contribution in [2.24, 2.45) is 5.73 Å². The molecule has 0 saturated heterocycles. The highest BCUT2D eigenvalue weighted by Crippen LogP contribution is 2.20. The van der Waals surface area contributed by atoms with E-state index in [9.17, 15) is 14.9 Å². The first kappa shape index (κ1) is 13.0. The molecule has 0 bridgehead atoms. The van der Waals surface area contributed by atoms with Crippen molar-refractivity contribution in [2.75, 3.05) is 18.4 Å². The second-order valence-electron chi connectivity index (χ2n) is 3.01. The van der Waals surface area contributed by atoms with Crippen molar-refractivity contribution in [1.29, 1.82) is 0 Å². The zero-order valence-electron chi connectivity index (χ0n) is 8.64. The topological polar surface area (TPSA) is 123 Å². The highest BCUT2D eigenvalue weighted by atomic mass is 35.5. The predicted octanol–water partition coefficient (Wildman–Crippen LogP) is 0.723. The highest BCUT2D eigenvalue weighted by molar-refractivity contribution is 6.29. The van der Waals surface area contributed by atoms with Crippen LogP contribution in [0.2, 0.25) is 5.15 Å². The molecule has 1 heterocycles. The number of urea groups is 1. The van der Waals surface area contributed by atoms with Crippen LogP contribution in [0.25, 0.3) is 0 Å². The number of hydrogen-bond donors (Lipinski definition) is 3. The van der Waals surface area contributed by atoms with E-state index in [1.165, 1.54) is 6.07 Å². The number of halogens is 1. The van der Waals surface area contributed by atoms with Crippen LogP contribution in [0.3, 0.4) is 0 Å². The Labute approximate surface area is 101 Å². The number of nitro groups is 1. The average molecular weight is 260 g/mol. The summed E-state index contributed by atoms with van der Waals surface area (Å²) in [6.45, 7) is 0.602. The lowest BCUT2D eigenvalue weighted by Gasteiger charge is -2.05. The summed E-state index contributed by atoms with van der Waals surface area (Å²) in [6.07, 6.45) is 0. The molecule has 0 aliphatic heterocycles. The van der Waals surface area contributed by atoms with Crippen molar-refractivity contribution in [3.05, 3.63) is 27.4 Å². The van der Waals surface area contributed by atoms with Gasteiger partial charge in [-0.3, -0.25) is 10.1 Å². The molecule has 17 heavy (non-hydrogen) atoms. The Bertz CT molecular complexity index is 439. The molecule has 0 atom stereocenters. The smallest absolute Gasteiger partial charge is 0.312 e. The largest absolute Gasteiger partial charge is 0.368 e. The lowest BCUT2D eigenvalue weighted by molar-refractivity contribution is -0.384. The van der Waals surface area contributed by atoms with Crippen LogP contribution in [0.4, 0.5) is 16.3 Å². The van der Waals surface area contributed by atoms with E-state index in [2.05, 4.69) is 15.6 Å². The van der Waals surface area contributed by atoms with Crippen LogP contribution in [-0.2, 0) is 0 Å². The number of primary amides is 1. The molecule has 92 valence electrons. The Kier molecular flexibility index (Phi) is 4.46. The van der Waals surface area contributed by atoms with Gasteiger partial charge in [-0.15, -0.1) is 0 Å². The molecule has 0 fully saturated rings. The molecule has 9 heteroatoms. The summed E-state index contributed by atoms with van der Waals surface area (Å²) in [5, 5.41) is 15.7. The second kappa shape index (κ2) is 5.85. The van der Waals surface area contributed by atoms with Crippen LogP contribution >= 0.6 is 11.6 Å². The van der Waals surface area contributed by atoms with E-state index in [0.29, 0.717) is 6.54 Å². The zero-order chi connectivity index (χ0) is 12.8. The second-order valence-corrected chi connectivity index (χ2v) is 3.40. The van der Waals surface area contributed by atoms with Crippen molar-refractivity contribution in [3.8, 4) is 0 Å². The maximum atomic E-state index is 10.5. The first-order valence-electron chi connectivity index (χ1n) is 4.58. The van der Waals surface area contributed by atoms with Gasteiger partial charge in [0.15, 0.2) is 0 Å². The van der Waals surface area contributed by atoms with Crippen molar-refractivity contribution >= 4 is 29.1 Å². The molecule has 1 aromatic heterocycles. The van der Waals surface area contributed by atoms with Gasteiger partial charge in [0.25, 0.3) is 5.69 Å². The van der Waals surface area contributed by atoms with E-state index in [-0.39, 0.29) is 23.2 Å². The Morgan fingerprint density at radius 3 is 2.82 bits per heavy atom. The number of nitrogens with zero attached hydrogens (tertiary/aromatic N) is 2. The van der Waals surface area contributed by atoms with Gasteiger partial charge in [0.1, 0.15) is 11.0 Å². The van der Waals surface area contributed by atoms with Crippen molar-refractivity contribution in [3.63, 3.8) is 0 Å². The molecule has 0 aliphatic rings. The van der Waals surface area contributed by atoms with Crippen LogP contribution in [0.1, 0.15) is 0 Å². The summed E-state index contributed by atoms with van der Waals surface area (Å²) in [7, 11) is 0. The zero-order valence-corrected chi connectivity index (χ0v) is 9.40. The third-order valence-electron chi connectivity index (χ3n) is 1.72. The van der Waals surface area contributed by atoms with Crippen LogP contribution in [-0.4, -0.2) is 29.0 Å². The first-order chi connectivity index (χ1) is 7.99. The molecule has 8 nitrogen and oxygen atoms in total. The van der Waals surface area contributed by atoms with Crippen molar-refractivity contribution in [2.45, 2.75) is 0 Å². The average Bonchev–Trinajstić information content (AvgIpc) is 2.23. The van der Waals surface area contributed by atoms with Gasteiger partial charge >= 0.3 is 6.03 Å². The molecule has 1 aromatic rings. The van der Waals surface area contributed by atoms with Gasteiger partial charge in [0.05, 0.1) is 17.1 Å². The quantitative estimate of drug-likeness (QED) is 0.311. The summed E-state index contributed by atoms with van der Waals surface area (Å²) in [4.78, 5) is 24.2. The van der Waals surface area contributed by atoms with Crippen molar-refractivity contribution < 1.29 is 9.72 Å². The predicted molar refractivity (Wildman–Crippen MR) is 62.0 cm³/mol. The summed E-state index contributed by atoms with van der Waals surface area (Å²) >= 11 is 5.61. The van der Waals surface area contributed by atoms with Crippen LogP contribution < -0.4 is 16.4 Å². The maximum Gasteiger partial charge on any atom is 0.312 e. The van der Waals surface area contributed by atoms with E-state index < -0.39 is 11.0 Å². The van der Waals surface area contributed by atoms with E-state index in [1.54, 1.807) is 0 Å². The molecular weight excluding hydrogens is 250 g/mol. The number of amides is 2. The summed E-state index contributed by atoms with van der Waals surface area (Å²) in [6, 6.07) is 1.75. The van der Waals surface area contributed by atoms with E-state index in [0.717, 1.165) is 6.07 Å². The molecule has 0 spiro atoms. The molecule has 0 radical (unpaired) electrons. The van der Waals surface area contributed by atoms with E-state index in [4.69, 9.17) is 17.3 Å². The highest BCUT2D eigenvalue weighted by Gasteiger charge is 2.09. The Morgan fingerprint density at radius 2 is 2.24 bits per heavy atom. The summed E-state index contributed by atoms with van der Waals surface area (Å²) < 4.78 is 0. The standard InChI is InChI=1S/C8H10ClN5O3/c9-6-3-5(14(16)17)4-7(13-6)11-1-2-12-8(10)15/h3-4H,1-2H2,(H,11,13)(H3,10,12,15). The number of pyridine rings is 1. The Hall–Kier alpha value is -2.09. The fourth-order valence-corrected chi connectivity index (χ4v) is 1.26. The summed E-state index contributed by atoms with van der Waals surface area (Å²) in [5.74, 6) is 0.260. The van der Waals surface area contributed by atoms with Crippen LogP contribution in [0, 0.1) is 10.1 Å². The molecule has 0 aromatic carbocycles. The minimum Gasteiger partial charge on any atom is -0.368 e. The van der Waals surface area contributed by atoms with Gasteiger partial charge in [0, 0.05) is 13.1 Å². The Morgan fingerprint density at radius 1 is 1.53 bits per heavy atom. The molecule has 4 N–H and O–H groups in total. The number of carbonyl (C=O) groups excluding carboxylic acids is 1. The monoisotopic (exact) mass is 259 g/mol. The third kappa shape index (κ3) is 4.51. The van der Waals surface area contributed by atoms with Crippen molar-refractivity contribution in [1.82, 2.24) is 10.3 Å².